The second kappa shape index (κ2) is 7.70. The van der Waals surface area contributed by atoms with Crippen LogP contribution in [0.5, 0.6) is 5.75 Å². The van der Waals surface area contributed by atoms with Crippen molar-refractivity contribution < 1.29 is 17.9 Å². The third-order valence-corrected chi connectivity index (χ3v) is 6.56. The van der Waals surface area contributed by atoms with Crippen molar-refractivity contribution in [3.05, 3.63) is 53.1 Å². The highest BCUT2D eigenvalue weighted by Crippen LogP contribution is 2.38. The Morgan fingerprint density at radius 1 is 1.08 bits per heavy atom. The van der Waals surface area contributed by atoms with E-state index in [1.807, 2.05) is 20.8 Å². The van der Waals surface area contributed by atoms with Crippen LogP contribution in [-0.4, -0.2) is 21.8 Å². The lowest BCUT2D eigenvalue weighted by atomic mass is 9.99. The second-order valence-electron chi connectivity index (χ2n) is 6.14. The molecule has 0 spiro atoms. The lowest BCUT2D eigenvalue weighted by Gasteiger charge is -2.19. The zero-order chi connectivity index (χ0) is 18.8. The van der Waals surface area contributed by atoms with Crippen molar-refractivity contribution in [1.82, 2.24) is 0 Å². The fourth-order valence-electron chi connectivity index (χ4n) is 2.59. The lowest BCUT2D eigenvalue weighted by Crippen LogP contribution is -2.10. The van der Waals surface area contributed by atoms with Crippen molar-refractivity contribution in [2.75, 3.05) is 7.11 Å². The van der Waals surface area contributed by atoms with Gasteiger partial charge in [-0.05, 0) is 42.7 Å². The van der Waals surface area contributed by atoms with Crippen LogP contribution in [0, 0.1) is 6.92 Å². The van der Waals surface area contributed by atoms with Crippen molar-refractivity contribution in [3.8, 4) is 5.75 Å². The predicted molar refractivity (Wildman–Crippen MR) is 101 cm³/mol. The summed E-state index contributed by atoms with van der Waals surface area (Å²) in [6, 6.07) is 9.99. The summed E-state index contributed by atoms with van der Waals surface area (Å²) in [4.78, 5) is 11.0. The topological polar surface area (TPSA) is 60.4 Å². The first-order chi connectivity index (χ1) is 11.7. The molecule has 0 bridgehead atoms. The molecule has 25 heavy (non-hydrogen) atoms. The number of sulfone groups is 1. The molecule has 0 N–H and O–H groups in total. The molecular formula is C19H21BrO4S. The molecule has 4 nitrogen and oxygen atoms in total. The summed E-state index contributed by atoms with van der Waals surface area (Å²) < 4.78 is 31.7. The standard InChI is InChI=1S/C19H21BrO4S/c1-12(2)15-9-18(24-4)16(17(20)11-21)10-19(15)25(22,23)14-7-5-13(3)6-8-14/h5-12,17H,1-4H3. The zero-order valence-corrected chi connectivity index (χ0v) is 17.0. The van der Waals surface area contributed by atoms with Crippen molar-refractivity contribution in [1.29, 1.82) is 0 Å². The Morgan fingerprint density at radius 2 is 1.68 bits per heavy atom. The molecule has 1 atom stereocenters. The molecule has 0 saturated carbocycles. The number of ether oxygens (including phenoxy) is 1. The van der Waals surface area contributed by atoms with Gasteiger partial charge in [0.15, 0.2) is 0 Å². The Kier molecular flexibility index (Phi) is 6.06. The Bertz CT molecular complexity index is 871. The normalized spacial score (nSPS) is 12.9. The predicted octanol–water partition coefficient (Wildman–Crippen LogP) is 4.59. The van der Waals surface area contributed by atoms with E-state index in [1.165, 1.54) is 13.2 Å². The molecular weight excluding hydrogens is 404 g/mol. The maximum atomic E-state index is 13.2. The molecule has 2 rings (SSSR count). The van der Waals surface area contributed by atoms with Gasteiger partial charge in [0.2, 0.25) is 9.84 Å². The molecule has 0 aromatic heterocycles. The Balaban J connectivity index is 2.77. The Labute approximate surface area is 157 Å². The minimum absolute atomic E-state index is 0.0248. The van der Waals surface area contributed by atoms with Crippen LogP contribution in [-0.2, 0) is 14.6 Å². The average Bonchev–Trinajstić information content (AvgIpc) is 2.60. The summed E-state index contributed by atoms with van der Waals surface area (Å²) >= 11 is 3.26. The van der Waals surface area contributed by atoms with E-state index in [9.17, 15) is 13.2 Å². The minimum atomic E-state index is -3.71. The molecule has 6 heteroatoms. The number of aldehydes is 1. The molecule has 1 unspecified atom stereocenters. The lowest BCUT2D eigenvalue weighted by molar-refractivity contribution is -0.107. The van der Waals surface area contributed by atoms with Crippen molar-refractivity contribution in [3.63, 3.8) is 0 Å². The fraction of sp³-hybridized carbons (Fsp3) is 0.316. The Hall–Kier alpha value is -1.66. The highest BCUT2D eigenvalue weighted by molar-refractivity contribution is 9.09. The summed E-state index contributed by atoms with van der Waals surface area (Å²) in [5.74, 6) is 0.462. The van der Waals surface area contributed by atoms with Gasteiger partial charge in [0, 0.05) is 5.56 Å². The number of carbonyl (C=O) groups is 1. The van der Waals surface area contributed by atoms with E-state index >= 15 is 0 Å². The Morgan fingerprint density at radius 3 is 2.16 bits per heavy atom. The molecule has 0 amide bonds. The van der Waals surface area contributed by atoms with Gasteiger partial charge in [-0.2, -0.15) is 0 Å². The van der Waals surface area contributed by atoms with Crippen LogP contribution in [0.2, 0.25) is 0 Å². The van der Waals surface area contributed by atoms with E-state index in [0.717, 1.165) is 5.56 Å². The zero-order valence-electron chi connectivity index (χ0n) is 14.6. The maximum Gasteiger partial charge on any atom is 0.206 e. The van der Waals surface area contributed by atoms with Gasteiger partial charge < -0.3 is 9.53 Å². The van der Waals surface area contributed by atoms with Gasteiger partial charge >= 0.3 is 0 Å². The number of alkyl halides is 1. The molecule has 0 aliphatic rings. The maximum absolute atomic E-state index is 13.2. The summed E-state index contributed by atoms with van der Waals surface area (Å²) in [7, 11) is -2.21. The summed E-state index contributed by atoms with van der Waals surface area (Å²) in [6.45, 7) is 5.75. The van der Waals surface area contributed by atoms with Crippen molar-refractivity contribution in [2.45, 2.75) is 41.3 Å². The molecule has 0 saturated heterocycles. The highest BCUT2D eigenvalue weighted by Gasteiger charge is 2.26. The first-order valence-corrected chi connectivity index (χ1v) is 10.2. The van der Waals surface area contributed by atoms with Crippen LogP contribution >= 0.6 is 15.9 Å². The van der Waals surface area contributed by atoms with Crippen LogP contribution in [0.25, 0.3) is 0 Å². The van der Waals surface area contributed by atoms with Crippen LogP contribution < -0.4 is 4.74 Å². The largest absolute Gasteiger partial charge is 0.496 e. The van der Waals surface area contributed by atoms with Crippen LogP contribution in [0.15, 0.2) is 46.2 Å². The fourth-order valence-corrected chi connectivity index (χ4v) is 4.58. The molecule has 0 aliphatic heterocycles. The number of hydrogen-bond acceptors (Lipinski definition) is 4. The third-order valence-electron chi connectivity index (χ3n) is 4.02. The molecule has 2 aromatic rings. The second-order valence-corrected chi connectivity index (χ2v) is 9.05. The molecule has 0 radical (unpaired) electrons. The molecule has 0 aliphatic carbocycles. The van der Waals surface area contributed by atoms with Crippen LogP contribution in [0.4, 0.5) is 0 Å². The van der Waals surface area contributed by atoms with Crippen molar-refractivity contribution >= 4 is 32.1 Å². The van der Waals surface area contributed by atoms with E-state index in [1.54, 1.807) is 30.3 Å². The number of methoxy groups -OCH3 is 1. The van der Waals surface area contributed by atoms with Gasteiger partial charge in [-0.15, -0.1) is 0 Å². The SMILES string of the molecule is COc1cc(C(C)C)c(S(=O)(=O)c2ccc(C)cc2)cc1C(Br)C=O. The average molecular weight is 425 g/mol. The number of rotatable bonds is 6. The molecule has 0 heterocycles. The number of carbonyl (C=O) groups excluding carboxylic acids is 1. The number of hydrogen-bond donors (Lipinski definition) is 0. The first-order valence-electron chi connectivity index (χ1n) is 7.85. The van der Waals surface area contributed by atoms with Gasteiger partial charge in [-0.25, -0.2) is 8.42 Å². The molecule has 134 valence electrons. The van der Waals surface area contributed by atoms with E-state index in [-0.39, 0.29) is 15.7 Å². The first kappa shape index (κ1) is 19.7. The van der Waals surface area contributed by atoms with Crippen LogP contribution in [0.3, 0.4) is 0 Å². The summed E-state index contributed by atoms with van der Waals surface area (Å²) in [5.41, 5.74) is 2.14. The summed E-state index contributed by atoms with van der Waals surface area (Å²) in [5, 5.41) is 0. The molecule has 2 aromatic carbocycles. The van der Waals surface area contributed by atoms with Gasteiger partial charge in [0.05, 0.1) is 21.7 Å². The van der Waals surface area contributed by atoms with Gasteiger partial charge in [0.25, 0.3) is 0 Å². The number of benzene rings is 2. The minimum Gasteiger partial charge on any atom is -0.496 e. The third kappa shape index (κ3) is 3.96. The van der Waals surface area contributed by atoms with Crippen LogP contribution in [0.1, 0.15) is 41.3 Å². The molecule has 0 fully saturated rings. The van der Waals surface area contributed by atoms with E-state index in [0.29, 0.717) is 23.2 Å². The van der Waals surface area contributed by atoms with Gasteiger partial charge in [-0.1, -0.05) is 47.5 Å². The van der Waals surface area contributed by atoms with Crippen molar-refractivity contribution in [2.24, 2.45) is 0 Å². The number of aryl methyl sites for hydroxylation is 1. The smallest absolute Gasteiger partial charge is 0.206 e. The summed E-state index contributed by atoms with van der Waals surface area (Å²) in [6.07, 6.45) is 0.704. The highest BCUT2D eigenvalue weighted by atomic mass is 79.9. The van der Waals surface area contributed by atoms with E-state index in [4.69, 9.17) is 4.74 Å². The van der Waals surface area contributed by atoms with E-state index < -0.39 is 14.7 Å². The van der Waals surface area contributed by atoms with Gasteiger partial charge in [0.1, 0.15) is 12.0 Å². The van der Waals surface area contributed by atoms with Gasteiger partial charge in [-0.3, -0.25) is 0 Å². The number of halogens is 1. The quantitative estimate of drug-likeness (QED) is 0.502. The monoisotopic (exact) mass is 424 g/mol. The van der Waals surface area contributed by atoms with E-state index in [2.05, 4.69) is 15.9 Å².